The largest absolute Gasteiger partial charge is 0.457 e. The van der Waals surface area contributed by atoms with Crippen LogP contribution in [0.5, 0.6) is 0 Å². The number of hydrogen-bond donors (Lipinski definition) is 1. The molecule has 0 radical (unpaired) electrons. The van der Waals surface area contributed by atoms with Gasteiger partial charge in [-0.2, -0.15) is 5.01 Å². The zero-order chi connectivity index (χ0) is 22.0. The second-order valence-electron chi connectivity index (χ2n) is 6.54. The molecule has 3 aromatic rings. The van der Waals surface area contributed by atoms with Gasteiger partial charge in [0, 0.05) is 16.7 Å². The number of carbonyl (C=O) groups excluding carboxylic acids is 2. The molecule has 0 aliphatic carbocycles. The number of benzene rings is 2. The normalized spacial score (nSPS) is 15.0. The summed E-state index contributed by atoms with van der Waals surface area (Å²) in [7, 11) is 0. The van der Waals surface area contributed by atoms with Gasteiger partial charge in [0.15, 0.2) is 4.32 Å². The van der Waals surface area contributed by atoms with E-state index in [1.807, 2.05) is 30.3 Å². The van der Waals surface area contributed by atoms with Gasteiger partial charge in [0.2, 0.25) is 5.91 Å². The second kappa shape index (κ2) is 9.28. The number of thiocarbonyl (C=S) groups is 1. The van der Waals surface area contributed by atoms with E-state index in [1.165, 1.54) is 0 Å². The standard InChI is InChI=1S/C22H14Cl2N2O3S2/c23-14-6-8-17(24)16(11-14)18-9-7-15(29-18)12-19-21(28)26(22(30)31-19)25-20(27)10-13-4-2-1-3-5-13/h1-9,11-12H,10H2,(H,25,27). The van der Waals surface area contributed by atoms with Crippen molar-refractivity contribution >= 4 is 69.4 Å². The predicted molar refractivity (Wildman–Crippen MR) is 127 cm³/mol. The van der Waals surface area contributed by atoms with E-state index in [0.717, 1.165) is 22.3 Å². The van der Waals surface area contributed by atoms with Crippen molar-refractivity contribution in [2.45, 2.75) is 6.42 Å². The van der Waals surface area contributed by atoms with Crippen LogP contribution in [0.25, 0.3) is 17.4 Å². The van der Waals surface area contributed by atoms with E-state index in [-0.39, 0.29) is 16.6 Å². The van der Waals surface area contributed by atoms with Gasteiger partial charge in [-0.1, -0.05) is 65.3 Å². The lowest BCUT2D eigenvalue weighted by atomic mass is 10.1. The van der Waals surface area contributed by atoms with E-state index >= 15 is 0 Å². The molecule has 1 aromatic heterocycles. The molecule has 0 unspecified atom stereocenters. The Labute approximate surface area is 198 Å². The fraction of sp³-hybridized carbons (Fsp3) is 0.0455. The van der Waals surface area contributed by atoms with Gasteiger partial charge in [-0.15, -0.1) is 0 Å². The van der Waals surface area contributed by atoms with E-state index in [4.69, 9.17) is 39.8 Å². The van der Waals surface area contributed by atoms with Gasteiger partial charge in [-0.3, -0.25) is 15.0 Å². The third kappa shape index (κ3) is 5.02. The molecule has 1 saturated heterocycles. The lowest BCUT2D eigenvalue weighted by Crippen LogP contribution is -2.45. The van der Waals surface area contributed by atoms with Gasteiger partial charge in [0.25, 0.3) is 5.91 Å². The molecule has 2 aromatic carbocycles. The maximum absolute atomic E-state index is 12.7. The van der Waals surface area contributed by atoms with Crippen LogP contribution in [0, 0.1) is 0 Å². The second-order valence-corrected chi connectivity index (χ2v) is 9.06. The molecule has 1 aliphatic heterocycles. The molecule has 9 heteroatoms. The summed E-state index contributed by atoms with van der Waals surface area (Å²) < 4.78 is 6.05. The van der Waals surface area contributed by atoms with Crippen molar-refractivity contribution in [2.24, 2.45) is 0 Å². The predicted octanol–water partition coefficient (Wildman–Crippen LogP) is 5.73. The monoisotopic (exact) mass is 488 g/mol. The molecular weight excluding hydrogens is 475 g/mol. The highest BCUT2D eigenvalue weighted by atomic mass is 35.5. The summed E-state index contributed by atoms with van der Waals surface area (Å²) in [5.41, 5.74) is 4.05. The molecule has 5 nitrogen and oxygen atoms in total. The Balaban J connectivity index is 1.48. The van der Waals surface area contributed by atoms with Crippen LogP contribution in [-0.4, -0.2) is 21.1 Å². The summed E-state index contributed by atoms with van der Waals surface area (Å²) >= 11 is 18.6. The van der Waals surface area contributed by atoms with Crippen LogP contribution in [0.2, 0.25) is 10.0 Å². The number of halogens is 2. The Morgan fingerprint density at radius 2 is 1.90 bits per heavy atom. The molecule has 2 heterocycles. The molecule has 0 saturated carbocycles. The fourth-order valence-electron chi connectivity index (χ4n) is 2.90. The van der Waals surface area contributed by atoms with E-state index < -0.39 is 5.91 Å². The van der Waals surface area contributed by atoms with Crippen molar-refractivity contribution in [3.8, 4) is 11.3 Å². The summed E-state index contributed by atoms with van der Waals surface area (Å²) in [6, 6.07) is 17.8. The Morgan fingerprint density at radius 1 is 1.13 bits per heavy atom. The van der Waals surface area contributed by atoms with Crippen molar-refractivity contribution in [3.63, 3.8) is 0 Å². The molecule has 0 bridgehead atoms. The summed E-state index contributed by atoms with van der Waals surface area (Å²) in [4.78, 5) is 25.4. The number of thioether (sulfide) groups is 1. The number of rotatable bonds is 5. The van der Waals surface area contributed by atoms with Gasteiger partial charge in [0.1, 0.15) is 11.5 Å². The number of carbonyl (C=O) groups is 2. The number of nitrogens with zero attached hydrogens (tertiary/aromatic N) is 1. The smallest absolute Gasteiger partial charge is 0.285 e. The molecule has 1 aliphatic rings. The lowest BCUT2D eigenvalue weighted by Gasteiger charge is -2.15. The lowest BCUT2D eigenvalue weighted by molar-refractivity contribution is -0.132. The Kier molecular flexibility index (Phi) is 6.48. The van der Waals surface area contributed by atoms with E-state index in [2.05, 4.69) is 5.43 Å². The quantitative estimate of drug-likeness (QED) is 0.367. The third-order valence-corrected chi connectivity index (χ3v) is 6.20. The first-order chi connectivity index (χ1) is 14.9. The van der Waals surface area contributed by atoms with Crippen molar-refractivity contribution in [1.82, 2.24) is 10.4 Å². The molecule has 0 spiro atoms. The van der Waals surface area contributed by atoms with E-state index in [1.54, 1.807) is 36.4 Å². The molecule has 2 amide bonds. The van der Waals surface area contributed by atoms with Crippen LogP contribution in [0.1, 0.15) is 11.3 Å². The Bertz CT molecular complexity index is 1210. The maximum atomic E-state index is 12.7. The fourth-order valence-corrected chi connectivity index (χ4v) is 4.44. The van der Waals surface area contributed by atoms with E-state index in [9.17, 15) is 9.59 Å². The van der Waals surface area contributed by atoms with Gasteiger partial charge in [-0.25, -0.2) is 0 Å². The average Bonchev–Trinajstić information content (AvgIpc) is 3.31. The van der Waals surface area contributed by atoms with Crippen molar-refractivity contribution < 1.29 is 14.0 Å². The first kappa shape index (κ1) is 21.6. The van der Waals surface area contributed by atoms with Gasteiger partial charge < -0.3 is 4.42 Å². The first-order valence-electron chi connectivity index (χ1n) is 9.07. The molecule has 31 heavy (non-hydrogen) atoms. The highest BCUT2D eigenvalue weighted by molar-refractivity contribution is 8.26. The minimum absolute atomic E-state index is 0.138. The minimum atomic E-state index is -0.421. The summed E-state index contributed by atoms with van der Waals surface area (Å²) in [6.45, 7) is 0. The van der Waals surface area contributed by atoms with Crippen LogP contribution >= 0.6 is 47.2 Å². The van der Waals surface area contributed by atoms with Crippen molar-refractivity contribution in [1.29, 1.82) is 0 Å². The highest BCUT2D eigenvalue weighted by Gasteiger charge is 2.33. The topological polar surface area (TPSA) is 62.6 Å². The number of hydrazine groups is 1. The van der Waals surface area contributed by atoms with Crippen molar-refractivity contribution in [2.75, 3.05) is 0 Å². The van der Waals surface area contributed by atoms with E-state index in [0.29, 0.717) is 32.0 Å². The molecule has 4 rings (SSSR count). The Hall–Kier alpha value is -2.58. The SMILES string of the molecule is O=C(Cc1ccccc1)NN1C(=O)C(=Cc2ccc(-c3cc(Cl)ccc3Cl)o2)SC1=S. The highest BCUT2D eigenvalue weighted by Crippen LogP contribution is 2.35. The van der Waals surface area contributed by atoms with Crippen molar-refractivity contribution in [3.05, 3.63) is 86.9 Å². The number of hydrogen-bond acceptors (Lipinski definition) is 5. The molecule has 1 N–H and O–H groups in total. The third-order valence-electron chi connectivity index (χ3n) is 4.33. The summed E-state index contributed by atoms with van der Waals surface area (Å²) in [6.07, 6.45) is 1.71. The molecule has 156 valence electrons. The molecule has 1 fully saturated rings. The molecule has 0 atom stereocenters. The number of nitrogens with one attached hydrogen (secondary N) is 1. The number of amides is 2. The van der Waals surface area contributed by atoms with Crippen LogP contribution in [-0.2, 0) is 16.0 Å². The van der Waals surface area contributed by atoms with Crippen LogP contribution in [0.3, 0.4) is 0 Å². The van der Waals surface area contributed by atoms with Crippen LogP contribution in [0.15, 0.2) is 70.0 Å². The maximum Gasteiger partial charge on any atom is 0.285 e. The van der Waals surface area contributed by atoms with Crippen LogP contribution in [0.4, 0.5) is 0 Å². The molecular formula is C22H14Cl2N2O3S2. The van der Waals surface area contributed by atoms with Gasteiger partial charge in [-0.05, 0) is 48.1 Å². The zero-order valence-corrected chi connectivity index (χ0v) is 18.9. The number of furan rings is 1. The van der Waals surface area contributed by atoms with Gasteiger partial charge in [0.05, 0.1) is 16.3 Å². The zero-order valence-electron chi connectivity index (χ0n) is 15.8. The van der Waals surface area contributed by atoms with Crippen LogP contribution < -0.4 is 5.43 Å². The summed E-state index contributed by atoms with van der Waals surface area (Å²) in [5, 5.41) is 2.11. The first-order valence-corrected chi connectivity index (χ1v) is 11.1. The Morgan fingerprint density at radius 3 is 2.68 bits per heavy atom. The minimum Gasteiger partial charge on any atom is -0.457 e. The van der Waals surface area contributed by atoms with Gasteiger partial charge >= 0.3 is 0 Å². The average molecular weight is 489 g/mol. The summed E-state index contributed by atoms with van der Waals surface area (Å²) in [5.74, 6) is 0.210.